The van der Waals surface area contributed by atoms with Crippen LogP contribution >= 0.6 is 11.6 Å². The Morgan fingerprint density at radius 2 is 1.89 bits per heavy atom. The van der Waals surface area contributed by atoms with Gasteiger partial charge in [-0.1, -0.05) is 29.8 Å². The standard InChI is InChI=1S/C14H13ClN2O2/c1-9-6-7-10(8-13(9)18)16-14(19)17-12-5-3-2-4-11(12)15/h2-8,18H,1H3,(H2,16,17,19). The van der Waals surface area contributed by atoms with Gasteiger partial charge < -0.3 is 15.7 Å². The van der Waals surface area contributed by atoms with Crippen LogP contribution < -0.4 is 10.6 Å². The Hall–Kier alpha value is -2.20. The number of hydrogen-bond acceptors (Lipinski definition) is 2. The Labute approximate surface area is 116 Å². The number of phenolic OH excluding ortho intramolecular Hbond substituents is 1. The number of benzene rings is 2. The minimum Gasteiger partial charge on any atom is -0.508 e. The maximum absolute atomic E-state index is 11.8. The van der Waals surface area contributed by atoms with Crippen LogP contribution in [-0.4, -0.2) is 11.1 Å². The minimum absolute atomic E-state index is 0.135. The van der Waals surface area contributed by atoms with Crippen LogP contribution in [0.25, 0.3) is 0 Å². The summed E-state index contributed by atoms with van der Waals surface area (Å²) in [5, 5.41) is 15.3. The van der Waals surface area contributed by atoms with Crippen molar-refractivity contribution in [3.63, 3.8) is 0 Å². The zero-order valence-corrected chi connectivity index (χ0v) is 11.0. The number of aromatic hydroxyl groups is 1. The second-order valence-corrected chi connectivity index (χ2v) is 4.47. The van der Waals surface area contributed by atoms with Crippen molar-refractivity contribution in [1.82, 2.24) is 0 Å². The van der Waals surface area contributed by atoms with Gasteiger partial charge in [0.15, 0.2) is 0 Å². The SMILES string of the molecule is Cc1ccc(NC(=O)Nc2ccccc2Cl)cc1O. The number of halogens is 1. The quantitative estimate of drug-likeness (QED) is 0.776. The molecule has 0 radical (unpaired) electrons. The fourth-order valence-electron chi connectivity index (χ4n) is 1.53. The van der Waals surface area contributed by atoms with E-state index in [-0.39, 0.29) is 5.75 Å². The van der Waals surface area contributed by atoms with E-state index in [0.717, 1.165) is 5.56 Å². The Kier molecular flexibility index (Phi) is 3.92. The Morgan fingerprint density at radius 1 is 1.16 bits per heavy atom. The van der Waals surface area contributed by atoms with E-state index in [2.05, 4.69) is 10.6 Å². The van der Waals surface area contributed by atoms with Crippen LogP contribution in [0.2, 0.25) is 5.02 Å². The summed E-state index contributed by atoms with van der Waals surface area (Å²) in [5.41, 5.74) is 1.78. The Morgan fingerprint density at radius 3 is 2.58 bits per heavy atom. The molecule has 0 atom stereocenters. The second-order valence-electron chi connectivity index (χ2n) is 4.06. The number of anilines is 2. The van der Waals surface area contributed by atoms with Crippen LogP contribution in [0.3, 0.4) is 0 Å². The highest BCUT2D eigenvalue weighted by Gasteiger charge is 2.06. The Balaban J connectivity index is 2.05. The number of urea groups is 1. The smallest absolute Gasteiger partial charge is 0.323 e. The third-order valence-electron chi connectivity index (χ3n) is 2.59. The van der Waals surface area contributed by atoms with Gasteiger partial charge in [-0.05, 0) is 30.7 Å². The topological polar surface area (TPSA) is 61.4 Å². The number of aryl methyl sites for hydroxylation is 1. The van der Waals surface area contributed by atoms with Gasteiger partial charge in [-0.3, -0.25) is 0 Å². The van der Waals surface area contributed by atoms with Crippen molar-refractivity contribution in [2.45, 2.75) is 6.92 Å². The van der Waals surface area contributed by atoms with Gasteiger partial charge in [-0.25, -0.2) is 4.79 Å². The molecule has 2 aromatic rings. The number of rotatable bonds is 2. The number of amides is 2. The van der Waals surface area contributed by atoms with E-state index in [1.54, 1.807) is 43.3 Å². The maximum Gasteiger partial charge on any atom is 0.323 e. The van der Waals surface area contributed by atoms with Gasteiger partial charge >= 0.3 is 6.03 Å². The summed E-state index contributed by atoms with van der Waals surface area (Å²) in [6.07, 6.45) is 0. The number of hydrogen-bond donors (Lipinski definition) is 3. The van der Waals surface area contributed by atoms with E-state index in [1.807, 2.05) is 0 Å². The largest absolute Gasteiger partial charge is 0.508 e. The van der Waals surface area contributed by atoms with Crippen molar-refractivity contribution in [2.75, 3.05) is 10.6 Å². The molecule has 5 heteroatoms. The number of phenols is 1. The molecule has 0 aliphatic carbocycles. The molecule has 4 nitrogen and oxygen atoms in total. The van der Waals surface area contributed by atoms with Crippen LogP contribution in [0, 0.1) is 6.92 Å². The van der Waals surface area contributed by atoms with Crippen LogP contribution in [0.4, 0.5) is 16.2 Å². The summed E-state index contributed by atoms with van der Waals surface area (Å²) in [7, 11) is 0. The molecule has 0 saturated heterocycles. The second kappa shape index (κ2) is 5.63. The lowest BCUT2D eigenvalue weighted by Gasteiger charge is -2.09. The van der Waals surface area contributed by atoms with Gasteiger partial charge in [-0.2, -0.15) is 0 Å². The average Bonchev–Trinajstić information content (AvgIpc) is 2.37. The number of carbonyl (C=O) groups excluding carboxylic acids is 1. The highest BCUT2D eigenvalue weighted by atomic mass is 35.5. The monoisotopic (exact) mass is 276 g/mol. The van der Waals surface area contributed by atoms with Crippen molar-refractivity contribution in [2.24, 2.45) is 0 Å². The van der Waals surface area contributed by atoms with Gasteiger partial charge in [0, 0.05) is 11.8 Å². The summed E-state index contributed by atoms with van der Waals surface area (Å²) >= 11 is 5.93. The zero-order chi connectivity index (χ0) is 13.8. The summed E-state index contributed by atoms with van der Waals surface area (Å²) in [6, 6.07) is 11.5. The lowest BCUT2D eigenvalue weighted by Crippen LogP contribution is -2.19. The molecule has 98 valence electrons. The third-order valence-corrected chi connectivity index (χ3v) is 2.92. The molecule has 2 aromatic carbocycles. The van der Waals surface area contributed by atoms with Crippen LogP contribution in [-0.2, 0) is 0 Å². The highest BCUT2D eigenvalue weighted by molar-refractivity contribution is 6.33. The highest BCUT2D eigenvalue weighted by Crippen LogP contribution is 2.22. The van der Waals surface area contributed by atoms with Crippen LogP contribution in [0.15, 0.2) is 42.5 Å². The maximum atomic E-state index is 11.8. The first-order chi connectivity index (χ1) is 9.06. The average molecular weight is 277 g/mol. The lowest BCUT2D eigenvalue weighted by atomic mass is 10.2. The van der Waals surface area contributed by atoms with Gasteiger partial charge in [0.1, 0.15) is 5.75 Å². The molecule has 3 N–H and O–H groups in total. The lowest BCUT2D eigenvalue weighted by molar-refractivity contribution is 0.262. The number of nitrogens with one attached hydrogen (secondary N) is 2. The van der Waals surface area contributed by atoms with E-state index in [4.69, 9.17) is 11.6 Å². The molecule has 2 amide bonds. The summed E-state index contributed by atoms with van der Waals surface area (Å²) < 4.78 is 0. The van der Waals surface area contributed by atoms with Crippen molar-refractivity contribution in [1.29, 1.82) is 0 Å². The van der Waals surface area contributed by atoms with E-state index in [0.29, 0.717) is 16.4 Å². The molecule has 0 heterocycles. The Bertz CT molecular complexity index is 614. The third kappa shape index (κ3) is 3.39. The van der Waals surface area contributed by atoms with E-state index in [9.17, 15) is 9.90 Å². The first kappa shape index (κ1) is 13.2. The molecule has 19 heavy (non-hydrogen) atoms. The molecule has 0 aliphatic rings. The van der Waals surface area contributed by atoms with Gasteiger partial charge in [0.25, 0.3) is 0 Å². The molecule has 0 fully saturated rings. The summed E-state index contributed by atoms with van der Waals surface area (Å²) in [4.78, 5) is 11.8. The summed E-state index contributed by atoms with van der Waals surface area (Å²) in [6.45, 7) is 1.78. The zero-order valence-electron chi connectivity index (χ0n) is 10.3. The van der Waals surface area contributed by atoms with E-state index in [1.165, 1.54) is 6.07 Å². The molecule has 2 rings (SSSR count). The first-order valence-corrected chi connectivity index (χ1v) is 6.06. The molecule has 0 saturated carbocycles. The van der Waals surface area contributed by atoms with Crippen molar-refractivity contribution < 1.29 is 9.90 Å². The van der Waals surface area contributed by atoms with Gasteiger partial charge in [0.05, 0.1) is 10.7 Å². The molecule has 0 aliphatic heterocycles. The molecular weight excluding hydrogens is 264 g/mol. The minimum atomic E-state index is -0.420. The van der Waals surface area contributed by atoms with Gasteiger partial charge in [-0.15, -0.1) is 0 Å². The number of carbonyl (C=O) groups is 1. The van der Waals surface area contributed by atoms with Crippen LogP contribution in [0.1, 0.15) is 5.56 Å². The molecule has 0 aromatic heterocycles. The van der Waals surface area contributed by atoms with E-state index >= 15 is 0 Å². The normalized spacial score (nSPS) is 10.0. The number of para-hydroxylation sites is 1. The summed E-state index contributed by atoms with van der Waals surface area (Å²) in [5.74, 6) is 0.135. The molecule has 0 bridgehead atoms. The van der Waals surface area contributed by atoms with E-state index < -0.39 is 6.03 Å². The van der Waals surface area contributed by atoms with Crippen molar-refractivity contribution in [3.8, 4) is 5.75 Å². The fourth-order valence-corrected chi connectivity index (χ4v) is 1.72. The predicted molar refractivity (Wildman–Crippen MR) is 76.9 cm³/mol. The molecule has 0 unspecified atom stereocenters. The predicted octanol–water partition coefficient (Wildman–Crippen LogP) is 4.00. The first-order valence-electron chi connectivity index (χ1n) is 5.68. The van der Waals surface area contributed by atoms with Gasteiger partial charge in [0.2, 0.25) is 0 Å². The molecular formula is C14H13ClN2O2. The van der Waals surface area contributed by atoms with Crippen molar-refractivity contribution in [3.05, 3.63) is 53.1 Å². The van der Waals surface area contributed by atoms with Crippen molar-refractivity contribution >= 4 is 29.0 Å². The molecule has 0 spiro atoms. The fraction of sp³-hybridized carbons (Fsp3) is 0.0714. The van der Waals surface area contributed by atoms with Crippen LogP contribution in [0.5, 0.6) is 5.75 Å².